The second-order valence-electron chi connectivity index (χ2n) is 2.84. The van der Waals surface area contributed by atoms with Gasteiger partial charge in [-0.25, -0.2) is 0 Å². The van der Waals surface area contributed by atoms with Crippen molar-refractivity contribution in [3.8, 4) is 0 Å². The smallest absolute Gasteiger partial charge is 0.311 e. The van der Waals surface area contributed by atoms with E-state index < -0.39 is 6.10 Å². The van der Waals surface area contributed by atoms with E-state index in [1.807, 2.05) is 0 Å². The van der Waals surface area contributed by atoms with Crippen LogP contribution in [0.5, 0.6) is 0 Å². The van der Waals surface area contributed by atoms with E-state index in [4.69, 9.17) is 4.74 Å². The Kier molecular flexibility index (Phi) is 1.94. The molecule has 1 heterocycles. The number of aliphatic hydroxyl groups is 1. The molecule has 1 N–H and O–H groups in total. The van der Waals surface area contributed by atoms with Crippen molar-refractivity contribution < 1.29 is 14.6 Å². The van der Waals surface area contributed by atoms with Gasteiger partial charge >= 0.3 is 5.97 Å². The maximum absolute atomic E-state index is 10.8. The summed E-state index contributed by atoms with van der Waals surface area (Å²) in [7, 11) is 0. The van der Waals surface area contributed by atoms with Crippen molar-refractivity contribution in [3.05, 3.63) is 0 Å². The summed E-state index contributed by atoms with van der Waals surface area (Å²) in [6.07, 6.45) is -0.0812. The van der Waals surface area contributed by atoms with Crippen LogP contribution in [0.25, 0.3) is 0 Å². The lowest BCUT2D eigenvalue weighted by atomic mass is 9.97. The fourth-order valence-corrected chi connectivity index (χ4v) is 1.06. The number of rotatable bonds is 0. The monoisotopic (exact) mass is 144 g/mol. The molecule has 0 bridgehead atoms. The Bertz CT molecular complexity index is 144. The van der Waals surface area contributed by atoms with E-state index in [1.165, 1.54) is 0 Å². The van der Waals surface area contributed by atoms with Gasteiger partial charge in [-0.2, -0.15) is 0 Å². The Morgan fingerprint density at radius 2 is 2.20 bits per heavy atom. The molecule has 0 aromatic heterocycles. The van der Waals surface area contributed by atoms with E-state index in [0.29, 0.717) is 6.42 Å². The largest absolute Gasteiger partial charge is 0.462 e. The van der Waals surface area contributed by atoms with Crippen molar-refractivity contribution in [2.75, 3.05) is 0 Å². The third-order valence-electron chi connectivity index (χ3n) is 1.84. The van der Waals surface area contributed by atoms with E-state index in [1.54, 1.807) is 13.8 Å². The molecule has 0 amide bonds. The lowest BCUT2D eigenvalue weighted by molar-refractivity contribution is -0.166. The molecule has 1 rings (SSSR count). The zero-order valence-corrected chi connectivity index (χ0v) is 6.20. The Hall–Kier alpha value is -0.570. The molecule has 1 saturated heterocycles. The Morgan fingerprint density at radius 1 is 1.60 bits per heavy atom. The normalized spacial score (nSPS) is 41.1. The van der Waals surface area contributed by atoms with E-state index in [9.17, 15) is 9.90 Å². The van der Waals surface area contributed by atoms with Gasteiger partial charge in [0.1, 0.15) is 6.10 Å². The van der Waals surface area contributed by atoms with Crippen LogP contribution >= 0.6 is 0 Å². The first-order valence-electron chi connectivity index (χ1n) is 3.50. The second kappa shape index (κ2) is 2.58. The standard InChI is InChI=1S/C7H12O3/c1-4-3-6(8)5(2)7(9)10-4/h4-6,8H,3H2,1-2H3/t4?,5?,6-/m0/s1. The van der Waals surface area contributed by atoms with Crippen molar-refractivity contribution in [1.82, 2.24) is 0 Å². The minimum atomic E-state index is -0.517. The Balaban J connectivity index is 2.57. The number of carbonyl (C=O) groups excluding carboxylic acids is 1. The van der Waals surface area contributed by atoms with Crippen LogP contribution in [0, 0.1) is 5.92 Å². The van der Waals surface area contributed by atoms with Crippen LogP contribution in [0.1, 0.15) is 20.3 Å². The minimum Gasteiger partial charge on any atom is -0.462 e. The van der Waals surface area contributed by atoms with Gasteiger partial charge in [0.2, 0.25) is 0 Å². The molecule has 2 unspecified atom stereocenters. The van der Waals surface area contributed by atoms with E-state index in [-0.39, 0.29) is 18.0 Å². The van der Waals surface area contributed by atoms with Crippen molar-refractivity contribution in [2.24, 2.45) is 5.92 Å². The summed E-state index contributed by atoms with van der Waals surface area (Å²) in [5.74, 6) is -0.637. The molecule has 3 nitrogen and oxygen atoms in total. The number of ether oxygens (including phenoxy) is 1. The van der Waals surface area contributed by atoms with Crippen LogP contribution in [0.15, 0.2) is 0 Å². The summed E-state index contributed by atoms with van der Waals surface area (Å²) in [5, 5.41) is 9.22. The molecule has 0 saturated carbocycles. The summed E-state index contributed by atoms with van der Waals surface area (Å²) in [5.41, 5.74) is 0. The third-order valence-corrected chi connectivity index (χ3v) is 1.84. The summed E-state index contributed by atoms with van der Waals surface area (Å²) in [6.45, 7) is 3.46. The van der Waals surface area contributed by atoms with Crippen LogP contribution < -0.4 is 0 Å². The van der Waals surface area contributed by atoms with E-state index >= 15 is 0 Å². The molecule has 3 heteroatoms. The number of hydrogen-bond acceptors (Lipinski definition) is 3. The molecule has 0 spiro atoms. The van der Waals surface area contributed by atoms with Gasteiger partial charge in [0.15, 0.2) is 0 Å². The first-order chi connectivity index (χ1) is 4.61. The van der Waals surface area contributed by atoms with Gasteiger partial charge in [-0.15, -0.1) is 0 Å². The predicted octanol–water partition coefficient (Wildman–Crippen LogP) is 0.319. The van der Waals surface area contributed by atoms with Crippen molar-refractivity contribution >= 4 is 5.97 Å². The summed E-state index contributed by atoms with van der Waals surface area (Å²) >= 11 is 0. The van der Waals surface area contributed by atoms with E-state index in [2.05, 4.69) is 0 Å². The zero-order valence-electron chi connectivity index (χ0n) is 6.20. The first kappa shape index (κ1) is 7.54. The van der Waals surface area contributed by atoms with Crippen LogP contribution in [-0.2, 0) is 9.53 Å². The Labute approximate surface area is 60.0 Å². The highest BCUT2D eigenvalue weighted by atomic mass is 16.5. The van der Waals surface area contributed by atoms with Crippen molar-refractivity contribution in [3.63, 3.8) is 0 Å². The number of carbonyl (C=O) groups is 1. The summed E-state index contributed by atoms with van der Waals surface area (Å²) in [4.78, 5) is 10.8. The molecular formula is C7H12O3. The highest BCUT2D eigenvalue weighted by Gasteiger charge is 2.31. The highest BCUT2D eigenvalue weighted by molar-refractivity contribution is 5.73. The molecule has 0 aromatic rings. The molecule has 3 atom stereocenters. The average molecular weight is 144 g/mol. The maximum atomic E-state index is 10.8. The number of cyclic esters (lactones) is 1. The second-order valence-corrected chi connectivity index (χ2v) is 2.84. The zero-order chi connectivity index (χ0) is 7.72. The van der Waals surface area contributed by atoms with Gasteiger partial charge in [-0.05, 0) is 13.8 Å². The van der Waals surface area contributed by atoms with Gasteiger partial charge in [-0.1, -0.05) is 0 Å². The quantitative estimate of drug-likeness (QED) is 0.498. The fourth-order valence-electron chi connectivity index (χ4n) is 1.06. The summed E-state index contributed by atoms with van der Waals surface area (Å²) < 4.78 is 4.87. The molecule has 1 aliphatic heterocycles. The number of aliphatic hydroxyl groups excluding tert-OH is 1. The van der Waals surface area contributed by atoms with Gasteiger partial charge < -0.3 is 9.84 Å². The lowest BCUT2D eigenvalue weighted by Crippen LogP contribution is -2.38. The predicted molar refractivity (Wildman–Crippen MR) is 35.3 cm³/mol. The first-order valence-corrected chi connectivity index (χ1v) is 3.50. The molecular weight excluding hydrogens is 132 g/mol. The van der Waals surface area contributed by atoms with Gasteiger partial charge in [0.05, 0.1) is 12.0 Å². The van der Waals surface area contributed by atoms with Crippen LogP contribution in [-0.4, -0.2) is 23.3 Å². The molecule has 10 heavy (non-hydrogen) atoms. The molecule has 0 aromatic carbocycles. The maximum Gasteiger partial charge on any atom is 0.311 e. The molecule has 0 aliphatic carbocycles. The highest BCUT2D eigenvalue weighted by Crippen LogP contribution is 2.19. The SMILES string of the molecule is CC1C[C@H](O)C(C)C(=O)O1. The topological polar surface area (TPSA) is 46.5 Å². The van der Waals surface area contributed by atoms with Gasteiger partial charge in [0.25, 0.3) is 0 Å². The van der Waals surface area contributed by atoms with Crippen LogP contribution in [0.3, 0.4) is 0 Å². The average Bonchev–Trinajstić information content (AvgIpc) is 1.82. The van der Waals surface area contributed by atoms with Crippen LogP contribution in [0.4, 0.5) is 0 Å². The van der Waals surface area contributed by atoms with Crippen molar-refractivity contribution in [2.45, 2.75) is 32.5 Å². The number of hydrogen-bond donors (Lipinski definition) is 1. The minimum absolute atomic E-state index is 0.126. The molecule has 1 fully saturated rings. The van der Waals surface area contributed by atoms with Gasteiger partial charge in [-0.3, -0.25) is 4.79 Å². The fraction of sp³-hybridized carbons (Fsp3) is 0.857. The van der Waals surface area contributed by atoms with Crippen molar-refractivity contribution in [1.29, 1.82) is 0 Å². The molecule has 58 valence electrons. The molecule has 0 radical (unpaired) electrons. The Morgan fingerprint density at radius 3 is 2.70 bits per heavy atom. The van der Waals surface area contributed by atoms with Gasteiger partial charge in [0, 0.05) is 6.42 Å². The van der Waals surface area contributed by atoms with E-state index in [0.717, 1.165) is 0 Å². The number of esters is 1. The third kappa shape index (κ3) is 1.29. The van der Waals surface area contributed by atoms with Crippen LogP contribution in [0.2, 0.25) is 0 Å². The molecule has 1 aliphatic rings. The lowest BCUT2D eigenvalue weighted by Gasteiger charge is -2.27. The summed E-state index contributed by atoms with van der Waals surface area (Å²) in [6, 6.07) is 0.